The Morgan fingerprint density at radius 3 is 2.90 bits per heavy atom. The quantitative estimate of drug-likeness (QED) is 0.760. The molecule has 3 N–H and O–H groups in total. The lowest BCUT2D eigenvalue weighted by atomic mass is 10.1. The summed E-state index contributed by atoms with van der Waals surface area (Å²) in [6.45, 7) is 1.98. The summed E-state index contributed by atoms with van der Waals surface area (Å²) in [7, 11) is 0. The van der Waals surface area contributed by atoms with Gasteiger partial charge >= 0.3 is 0 Å². The normalized spacial score (nSPS) is 9.81. The molecule has 0 atom stereocenters. The van der Waals surface area contributed by atoms with Crippen LogP contribution >= 0.6 is 11.3 Å². The summed E-state index contributed by atoms with van der Waals surface area (Å²) in [6.07, 6.45) is 0. The van der Waals surface area contributed by atoms with Crippen LogP contribution in [-0.2, 0) is 6.54 Å². The topological polar surface area (TPSA) is 69.6 Å². The smallest absolute Gasteiger partial charge is 0.255 e. The van der Waals surface area contributed by atoms with Gasteiger partial charge in [-0.15, -0.1) is 11.3 Å². The summed E-state index contributed by atoms with van der Waals surface area (Å²) in [5.74, 6) is 5.06. The number of carbonyl (C=O) groups excluding carboxylic acids is 1. The number of phenols is 1. The van der Waals surface area contributed by atoms with Crippen molar-refractivity contribution in [1.82, 2.24) is 5.32 Å². The lowest BCUT2D eigenvalue weighted by molar-refractivity contribution is 0.0948. The summed E-state index contributed by atoms with van der Waals surface area (Å²) >= 11 is 1.48. The monoisotopic (exact) mass is 301 g/mol. The summed E-state index contributed by atoms with van der Waals surface area (Å²) in [5, 5.41) is 23.1. The molecule has 0 bridgehead atoms. The van der Waals surface area contributed by atoms with Crippen LogP contribution in [0.15, 0.2) is 29.6 Å². The van der Waals surface area contributed by atoms with Gasteiger partial charge in [0.05, 0.1) is 12.1 Å². The van der Waals surface area contributed by atoms with Gasteiger partial charge in [0, 0.05) is 10.4 Å². The number of aliphatic hydroxyl groups is 1. The third-order valence-electron chi connectivity index (χ3n) is 2.85. The molecule has 0 unspecified atom stereocenters. The minimum absolute atomic E-state index is 0.0287. The van der Waals surface area contributed by atoms with E-state index in [2.05, 4.69) is 17.2 Å². The first-order valence-electron chi connectivity index (χ1n) is 6.35. The highest BCUT2D eigenvalue weighted by atomic mass is 32.1. The summed E-state index contributed by atoms with van der Waals surface area (Å²) < 4.78 is 0. The number of carbonyl (C=O) groups is 1. The van der Waals surface area contributed by atoms with Crippen LogP contribution in [0.3, 0.4) is 0 Å². The minimum atomic E-state index is -0.332. The van der Waals surface area contributed by atoms with Gasteiger partial charge < -0.3 is 15.5 Å². The number of aromatic hydroxyl groups is 1. The number of benzene rings is 1. The van der Waals surface area contributed by atoms with Crippen molar-refractivity contribution in [3.63, 3.8) is 0 Å². The standard InChI is InChI=1S/C16H15NO3S/c1-11-4-5-13(14(19)9-11)16(20)17-10-15-12(3-2-7-18)6-8-21-15/h4-6,8-9,18-19H,7,10H2,1H3,(H,17,20). The zero-order valence-corrected chi connectivity index (χ0v) is 12.3. The Kier molecular flexibility index (Phi) is 4.99. The van der Waals surface area contributed by atoms with E-state index in [9.17, 15) is 9.90 Å². The summed E-state index contributed by atoms with van der Waals surface area (Å²) in [4.78, 5) is 13.0. The molecule has 2 rings (SSSR count). The Hall–Kier alpha value is -2.29. The number of hydrogen-bond acceptors (Lipinski definition) is 4. The molecule has 1 aromatic heterocycles. The van der Waals surface area contributed by atoms with Crippen LogP contribution in [0.5, 0.6) is 5.75 Å². The Balaban J connectivity index is 2.06. The van der Waals surface area contributed by atoms with Crippen LogP contribution in [0.2, 0.25) is 0 Å². The number of aliphatic hydroxyl groups excluding tert-OH is 1. The number of nitrogens with one attached hydrogen (secondary N) is 1. The van der Waals surface area contributed by atoms with Crippen LogP contribution in [0, 0.1) is 18.8 Å². The lowest BCUT2D eigenvalue weighted by Crippen LogP contribution is -2.22. The van der Waals surface area contributed by atoms with Crippen molar-refractivity contribution in [2.75, 3.05) is 6.61 Å². The second-order valence-electron chi connectivity index (χ2n) is 4.42. The van der Waals surface area contributed by atoms with Crippen molar-refractivity contribution in [1.29, 1.82) is 0 Å². The molecule has 0 saturated heterocycles. The van der Waals surface area contributed by atoms with Crippen molar-refractivity contribution in [2.45, 2.75) is 13.5 Å². The Labute approximate surface area is 127 Å². The van der Waals surface area contributed by atoms with Crippen molar-refractivity contribution < 1.29 is 15.0 Å². The first-order valence-corrected chi connectivity index (χ1v) is 7.23. The maximum absolute atomic E-state index is 12.1. The maximum Gasteiger partial charge on any atom is 0.255 e. The molecule has 1 heterocycles. The van der Waals surface area contributed by atoms with E-state index in [1.54, 1.807) is 18.2 Å². The molecule has 0 aliphatic heterocycles. The van der Waals surface area contributed by atoms with Gasteiger partial charge in [0.25, 0.3) is 5.91 Å². The molecule has 0 spiro atoms. The van der Waals surface area contributed by atoms with E-state index >= 15 is 0 Å². The first-order chi connectivity index (χ1) is 10.1. The Morgan fingerprint density at radius 1 is 1.38 bits per heavy atom. The van der Waals surface area contributed by atoms with Gasteiger partial charge in [-0.3, -0.25) is 4.79 Å². The molecular weight excluding hydrogens is 286 g/mol. The first kappa shape index (κ1) is 15.1. The third-order valence-corrected chi connectivity index (χ3v) is 3.78. The van der Waals surface area contributed by atoms with Crippen LogP contribution in [0.4, 0.5) is 0 Å². The predicted molar refractivity (Wildman–Crippen MR) is 82.3 cm³/mol. The number of rotatable bonds is 3. The van der Waals surface area contributed by atoms with E-state index in [0.717, 1.165) is 16.0 Å². The largest absolute Gasteiger partial charge is 0.507 e. The molecule has 2 aromatic rings. The average Bonchev–Trinajstić information content (AvgIpc) is 2.90. The highest BCUT2D eigenvalue weighted by Gasteiger charge is 2.11. The number of amides is 1. The van der Waals surface area contributed by atoms with E-state index in [0.29, 0.717) is 6.54 Å². The third kappa shape index (κ3) is 3.85. The van der Waals surface area contributed by atoms with E-state index in [-0.39, 0.29) is 23.8 Å². The van der Waals surface area contributed by atoms with Gasteiger partial charge in [-0.25, -0.2) is 0 Å². The van der Waals surface area contributed by atoms with Crippen molar-refractivity contribution in [2.24, 2.45) is 0 Å². The number of hydrogen-bond donors (Lipinski definition) is 3. The van der Waals surface area contributed by atoms with Gasteiger partial charge in [0.2, 0.25) is 0 Å². The van der Waals surface area contributed by atoms with E-state index < -0.39 is 0 Å². The maximum atomic E-state index is 12.1. The van der Waals surface area contributed by atoms with Crippen LogP contribution in [0.1, 0.15) is 26.4 Å². The highest BCUT2D eigenvalue weighted by Crippen LogP contribution is 2.19. The molecule has 1 aromatic carbocycles. The molecule has 0 radical (unpaired) electrons. The Bertz CT molecular complexity index is 710. The van der Waals surface area contributed by atoms with Crippen LogP contribution in [0.25, 0.3) is 0 Å². The molecular formula is C16H15NO3S. The minimum Gasteiger partial charge on any atom is -0.507 e. The zero-order valence-electron chi connectivity index (χ0n) is 11.5. The SMILES string of the molecule is Cc1ccc(C(=O)NCc2sccc2C#CCO)c(O)c1. The molecule has 0 aliphatic rings. The number of phenolic OH excluding ortho intramolecular Hbond substituents is 1. The molecule has 4 nitrogen and oxygen atoms in total. The van der Waals surface area contributed by atoms with Gasteiger partial charge in [0.15, 0.2) is 0 Å². The highest BCUT2D eigenvalue weighted by molar-refractivity contribution is 7.10. The number of thiophene rings is 1. The van der Waals surface area contributed by atoms with Crippen molar-refractivity contribution >= 4 is 17.2 Å². The molecule has 1 amide bonds. The molecule has 0 aliphatic carbocycles. The number of aryl methyl sites for hydroxylation is 1. The molecule has 108 valence electrons. The molecule has 21 heavy (non-hydrogen) atoms. The molecule has 0 fully saturated rings. The fraction of sp³-hybridized carbons (Fsp3) is 0.188. The zero-order chi connectivity index (χ0) is 15.2. The molecule has 5 heteroatoms. The Morgan fingerprint density at radius 2 is 2.19 bits per heavy atom. The fourth-order valence-electron chi connectivity index (χ4n) is 1.81. The van der Waals surface area contributed by atoms with Crippen LogP contribution in [-0.4, -0.2) is 22.7 Å². The van der Waals surface area contributed by atoms with E-state index in [1.165, 1.54) is 11.3 Å². The fourth-order valence-corrected chi connectivity index (χ4v) is 2.58. The van der Waals surface area contributed by atoms with Gasteiger partial charge in [-0.1, -0.05) is 17.9 Å². The van der Waals surface area contributed by atoms with E-state index in [4.69, 9.17) is 5.11 Å². The van der Waals surface area contributed by atoms with E-state index in [1.807, 2.05) is 18.4 Å². The average molecular weight is 301 g/mol. The van der Waals surface area contributed by atoms with Crippen molar-refractivity contribution in [3.8, 4) is 17.6 Å². The predicted octanol–water partition coefficient (Wildman–Crippen LogP) is 2.04. The lowest BCUT2D eigenvalue weighted by Gasteiger charge is -2.07. The second kappa shape index (κ2) is 6.93. The summed E-state index contributed by atoms with van der Waals surface area (Å²) in [6, 6.07) is 6.77. The van der Waals surface area contributed by atoms with Gasteiger partial charge in [-0.2, -0.15) is 0 Å². The van der Waals surface area contributed by atoms with Crippen LogP contribution < -0.4 is 5.32 Å². The van der Waals surface area contributed by atoms with Gasteiger partial charge in [-0.05, 0) is 36.1 Å². The second-order valence-corrected chi connectivity index (χ2v) is 5.42. The summed E-state index contributed by atoms with van der Waals surface area (Å²) in [5.41, 5.74) is 1.94. The molecule has 0 saturated carbocycles. The van der Waals surface area contributed by atoms with Crippen molar-refractivity contribution in [3.05, 3.63) is 51.2 Å². The van der Waals surface area contributed by atoms with Gasteiger partial charge in [0.1, 0.15) is 12.4 Å².